The Labute approximate surface area is 233 Å². The minimum absolute atomic E-state index is 0.0993. The average molecular weight is 565 g/mol. The van der Waals surface area contributed by atoms with Gasteiger partial charge in [-0.05, 0) is 46.2 Å². The van der Waals surface area contributed by atoms with E-state index >= 15 is 0 Å². The van der Waals surface area contributed by atoms with Crippen LogP contribution in [0.25, 0.3) is 16.9 Å². The third-order valence-electron chi connectivity index (χ3n) is 7.02. The fraction of sp³-hybridized carbons (Fsp3) is 0.571. The van der Waals surface area contributed by atoms with Crippen LogP contribution in [0.15, 0.2) is 30.9 Å². The summed E-state index contributed by atoms with van der Waals surface area (Å²) in [5.41, 5.74) is 2.62. The molecule has 9 nitrogen and oxygen atoms in total. The summed E-state index contributed by atoms with van der Waals surface area (Å²) in [6, 6.07) is 1.51. The van der Waals surface area contributed by atoms with Crippen LogP contribution in [0.2, 0.25) is 0 Å². The number of nitrogens with one attached hydrogen (secondary N) is 1. The van der Waals surface area contributed by atoms with Crippen molar-refractivity contribution < 1.29 is 27.4 Å². The first kappa shape index (κ1) is 31.1. The Hall–Kier alpha value is -3.41. The van der Waals surface area contributed by atoms with E-state index in [2.05, 4.69) is 15.3 Å². The molecule has 3 aromatic heterocycles. The molecule has 1 unspecified atom stereocenters. The van der Waals surface area contributed by atoms with E-state index in [1.807, 2.05) is 36.7 Å². The molecule has 0 fully saturated rings. The first-order chi connectivity index (χ1) is 19.2. The molecule has 0 saturated heterocycles. The summed E-state index contributed by atoms with van der Waals surface area (Å²) in [5.74, 6) is 0.930. The molecule has 2 atom stereocenters. The van der Waals surface area contributed by atoms with E-state index in [9.17, 15) is 18.0 Å². The van der Waals surface area contributed by atoms with Crippen molar-refractivity contribution in [3.05, 3.63) is 36.5 Å². The van der Waals surface area contributed by atoms with Gasteiger partial charge in [0.25, 0.3) is 5.88 Å². The lowest BCUT2D eigenvalue weighted by Gasteiger charge is -2.23. The van der Waals surface area contributed by atoms with Gasteiger partial charge in [-0.25, -0.2) is 9.97 Å². The SMILES string of the molecule is CCN(C=O)C(C)c1cc(-c2cn3ccnc3c(OCCCCCC[C@H](CCC(F)(F)F)NC)n2)c(OC)cn1. The molecule has 12 heteroatoms. The molecule has 0 saturated carbocycles. The number of rotatable bonds is 17. The fourth-order valence-corrected chi connectivity index (χ4v) is 4.58. The molecule has 1 amide bonds. The highest BCUT2D eigenvalue weighted by Crippen LogP contribution is 2.33. The molecule has 0 aromatic carbocycles. The lowest BCUT2D eigenvalue weighted by molar-refractivity contribution is -0.136. The third kappa shape index (κ3) is 8.54. The maximum absolute atomic E-state index is 12.5. The van der Waals surface area contributed by atoms with Crippen molar-refractivity contribution in [3.8, 4) is 22.9 Å². The molecular formula is C28H39F3N6O3. The van der Waals surface area contributed by atoms with Gasteiger partial charge in [-0.2, -0.15) is 13.2 Å². The van der Waals surface area contributed by atoms with Gasteiger partial charge in [-0.15, -0.1) is 0 Å². The van der Waals surface area contributed by atoms with Crippen molar-refractivity contribution in [3.63, 3.8) is 0 Å². The number of imidazole rings is 1. The van der Waals surface area contributed by atoms with Crippen LogP contribution in [0, 0.1) is 0 Å². The number of nitrogens with zero attached hydrogens (tertiary/aromatic N) is 5. The fourth-order valence-electron chi connectivity index (χ4n) is 4.58. The number of halogens is 3. The number of fused-ring (bicyclic) bond motifs is 1. The number of unbranched alkanes of at least 4 members (excludes halogenated alkanes) is 3. The molecule has 0 aliphatic carbocycles. The minimum atomic E-state index is -4.12. The lowest BCUT2D eigenvalue weighted by Crippen LogP contribution is -2.27. The smallest absolute Gasteiger partial charge is 0.389 e. The van der Waals surface area contributed by atoms with Gasteiger partial charge in [-0.3, -0.25) is 9.78 Å². The highest BCUT2D eigenvalue weighted by atomic mass is 19.4. The highest BCUT2D eigenvalue weighted by molar-refractivity contribution is 5.69. The number of carbonyl (C=O) groups is 1. The van der Waals surface area contributed by atoms with E-state index in [0.29, 0.717) is 53.8 Å². The maximum Gasteiger partial charge on any atom is 0.389 e. The van der Waals surface area contributed by atoms with Crippen LogP contribution in [0.1, 0.15) is 70.5 Å². The Morgan fingerprint density at radius 1 is 1.18 bits per heavy atom. The van der Waals surface area contributed by atoms with E-state index < -0.39 is 12.6 Å². The van der Waals surface area contributed by atoms with Crippen molar-refractivity contribution >= 4 is 12.1 Å². The van der Waals surface area contributed by atoms with Crippen molar-refractivity contribution in [2.45, 2.75) is 77.1 Å². The van der Waals surface area contributed by atoms with E-state index in [1.165, 1.54) is 0 Å². The second-order valence-corrected chi connectivity index (χ2v) is 9.70. The van der Waals surface area contributed by atoms with Crippen LogP contribution in [-0.2, 0) is 4.79 Å². The van der Waals surface area contributed by atoms with Crippen molar-refractivity contribution in [1.82, 2.24) is 29.6 Å². The highest BCUT2D eigenvalue weighted by Gasteiger charge is 2.27. The largest absolute Gasteiger partial charge is 0.494 e. The number of ether oxygens (including phenoxy) is 2. The van der Waals surface area contributed by atoms with Crippen LogP contribution >= 0.6 is 0 Å². The zero-order chi connectivity index (χ0) is 29.1. The van der Waals surface area contributed by atoms with Gasteiger partial charge in [0.1, 0.15) is 5.75 Å². The summed E-state index contributed by atoms with van der Waals surface area (Å²) in [7, 11) is 3.27. The predicted octanol–water partition coefficient (Wildman–Crippen LogP) is 5.60. The quantitative estimate of drug-likeness (QED) is 0.169. The first-order valence-electron chi connectivity index (χ1n) is 13.7. The predicted molar refractivity (Wildman–Crippen MR) is 146 cm³/mol. The van der Waals surface area contributed by atoms with Crippen LogP contribution in [-0.4, -0.2) is 70.2 Å². The molecule has 0 spiro atoms. The molecule has 220 valence electrons. The van der Waals surface area contributed by atoms with E-state index in [-0.39, 0.29) is 18.5 Å². The average Bonchev–Trinajstić information content (AvgIpc) is 3.42. The zero-order valence-corrected chi connectivity index (χ0v) is 23.6. The van der Waals surface area contributed by atoms with E-state index in [0.717, 1.165) is 32.1 Å². The summed E-state index contributed by atoms with van der Waals surface area (Å²) >= 11 is 0. The first-order valence-corrected chi connectivity index (χ1v) is 13.7. The molecule has 3 heterocycles. The molecule has 3 rings (SSSR count). The summed E-state index contributed by atoms with van der Waals surface area (Å²) in [5, 5.41) is 2.99. The summed E-state index contributed by atoms with van der Waals surface area (Å²) in [6.07, 6.45) is 7.13. The van der Waals surface area contributed by atoms with Crippen LogP contribution < -0.4 is 14.8 Å². The normalized spacial score (nSPS) is 13.3. The van der Waals surface area contributed by atoms with Crippen molar-refractivity contribution in [1.29, 1.82) is 0 Å². The number of methoxy groups -OCH3 is 1. The molecular weight excluding hydrogens is 525 g/mol. The summed E-state index contributed by atoms with van der Waals surface area (Å²) < 4.78 is 50.9. The molecule has 1 N–H and O–H groups in total. The minimum Gasteiger partial charge on any atom is -0.494 e. The number of pyridine rings is 1. The molecule has 40 heavy (non-hydrogen) atoms. The second kappa shape index (κ2) is 14.8. The monoisotopic (exact) mass is 564 g/mol. The van der Waals surface area contributed by atoms with Gasteiger partial charge in [0, 0.05) is 43.2 Å². The number of amides is 1. The molecule has 0 aliphatic rings. The van der Waals surface area contributed by atoms with Gasteiger partial charge in [0.2, 0.25) is 12.1 Å². The molecule has 3 aromatic rings. The Morgan fingerprint density at radius 3 is 2.62 bits per heavy atom. The number of aromatic nitrogens is 4. The van der Waals surface area contributed by atoms with Crippen molar-refractivity contribution in [2.24, 2.45) is 0 Å². The van der Waals surface area contributed by atoms with Gasteiger partial charge in [0.05, 0.1) is 37.3 Å². The van der Waals surface area contributed by atoms with Gasteiger partial charge in [-0.1, -0.05) is 19.3 Å². The third-order valence-corrected chi connectivity index (χ3v) is 7.02. The topological polar surface area (TPSA) is 93.9 Å². The standard InChI is InChI=1S/C28H39F3N6O3/c1-5-36(19-38)20(2)23-16-22(25(39-4)17-34-23)24-18-37-14-13-33-26(37)27(35-24)40-15-9-7-6-8-10-21(32-3)11-12-28(29,30)31/h13-14,16-21,32H,5-12,15H2,1-4H3/t20?,21-/m1/s1. The number of alkyl halides is 3. The van der Waals surface area contributed by atoms with Crippen LogP contribution in [0.3, 0.4) is 0 Å². The maximum atomic E-state index is 12.5. The van der Waals surface area contributed by atoms with Crippen molar-refractivity contribution in [2.75, 3.05) is 27.3 Å². The van der Waals surface area contributed by atoms with Gasteiger partial charge >= 0.3 is 6.18 Å². The summed E-state index contributed by atoms with van der Waals surface area (Å²) in [6.45, 7) is 4.81. The molecule has 0 radical (unpaired) electrons. The Bertz CT molecular complexity index is 1220. The van der Waals surface area contributed by atoms with Crippen LogP contribution in [0.5, 0.6) is 11.6 Å². The Balaban J connectivity index is 1.64. The Morgan fingerprint density at radius 2 is 1.95 bits per heavy atom. The zero-order valence-electron chi connectivity index (χ0n) is 23.6. The lowest BCUT2D eigenvalue weighted by atomic mass is 10.0. The molecule has 0 aliphatic heterocycles. The molecule has 0 bridgehead atoms. The van der Waals surface area contributed by atoms with E-state index in [1.54, 1.807) is 31.5 Å². The van der Waals surface area contributed by atoms with Gasteiger partial charge < -0.3 is 24.1 Å². The number of hydrogen-bond acceptors (Lipinski definition) is 7. The second-order valence-electron chi connectivity index (χ2n) is 9.70. The number of hydrogen-bond donors (Lipinski definition) is 1. The van der Waals surface area contributed by atoms with Gasteiger partial charge in [0.15, 0.2) is 0 Å². The number of carbonyl (C=O) groups excluding carboxylic acids is 1. The van der Waals surface area contributed by atoms with E-state index in [4.69, 9.17) is 14.5 Å². The summed E-state index contributed by atoms with van der Waals surface area (Å²) in [4.78, 5) is 26.7. The Kier molecular flexibility index (Phi) is 11.5. The van der Waals surface area contributed by atoms with Crippen LogP contribution in [0.4, 0.5) is 13.2 Å².